The molecule has 0 bridgehead atoms. The van der Waals surface area contributed by atoms with E-state index in [1.54, 1.807) is 13.1 Å². The first-order chi connectivity index (χ1) is 6.81. The molecule has 0 saturated heterocycles. The van der Waals surface area contributed by atoms with E-state index in [0.29, 0.717) is 11.7 Å². The van der Waals surface area contributed by atoms with Gasteiger partial charge in [0.25, 0.3) is 5.91 Å². The maximum atomic E-state index is 11.3. The van der Waals surface area contributed by atoms with Crippen LogP contribution in [0.1, 0.15) is 42.2 Å². The summed E-state index contributed by atoms with van der Waals surface area (Å²) in [7, 11) is 1.62. The second kappa shape index (κ2) is 3.82. The highest BCUT2D eigenvalue weighted by molar-refractivity contribution is 5.91. The molecule has 0 radical (unpaired) electrons. The van der Waals surface area contributed by atoms with Crippen molar-refractivity contribution in [2.24, 2.45) is 0 Å². The van der Waals surface area contributed by atoms with Gasteiger partial charge in [-0.2, -0.15) is 5.10 Å². The first-order valence-corrected chi connectivity index (χ1v) is 5.08. The van der Waals surface area contributed by atoms with E-state index >= 15 is 0 Å². The van der Waals surface area contributed by atoms with E-state index in [9.17, 15) is 4.79 Å². The van der Waals surface area contributed by atoms with Gasteiger partial charge in [-0.05, 0) is 18.9 Å². The Labute approximate surface area is 83.3 Å². The maximum absolute atomic E-state index is 11.3. The van der Waals surface area contributed by atoms with Gasteiger partial charge in [-0.25, -0.2) is 0 Å². The Morgan fingerprint density at radius 1 is 1.57 bits per heavy atom. The van der Waals surface area contributed by atoms with Crippen LogP contribution < -0.4 is 5.32 Å². The second-order valence-corrected chi connectivity index (χ2v) is 3.70. The zero-order valence-electron chi connectivity index (χ0n) is 8.36. The van der Waals surface area contributed by atoms with Crippen LogP contribution in [0.15, 0.2) is 12.3 Å². The average molecular weight is 193 g/mol. The molecule has 4 nitrogen and oxygen atoms in total. The third kappa shape index (κ3) is 1.64. The molecule has 1 saturated carbocycles. The van der Waals surface area contributed by atoms with Gasteiger partial charge in [-0.1, -0.05) is 12.8 Å². The summed E-state index contributed by atoms with van der Waals surface area (Å²) in [5.74, 6) is -0.109. The summed E-state index contributed by atoms with van der Waals surface area (Å²) in [4.78, 5) is 11.3. The van der Waals surface area contributed by atoms with Gasteiger partial charge in [0, 0.05) is 13.2 Å². The van der Waals surface area contributed by atoms with E-state index < -0.39 is 0 Å². The van der Waals surface area contributed by atoms with Gasteiger partial charge < -0.3 is 5.32 Å². The van der Waals surface area contributed by atoms with Crippen LogP contribution in [0.3, 0.4) is 0 Å². The van der Waals surface area contributed by atoms with Crippen LogP contribution in [0.5, 0.6) is 0 Å². The van der Waals surface area contributed by atoms with Gasteiger partial charge in [0.05, 0.1) is 6.04 Å². The Bertz CT molecular complexity index is 326. The summed E-state index contributed by atoms with van der Waals surface area (Å²) < 4.78 is 1.93. The van der Waals surface area contributed by atoms with Crippen LogP contribution in [0, 0.1) is 0 Å². The lowest BCUT2D eigenvalue weighted by molar-refractivity contribution is 0.0957. The van der Waals surface area contributed by atoms with Gasteiger partial charge in [-0.3, -0.25) is 9.48 Å². The van der Waals surface area contributed by atoms with Crippen LogP contribution in [-0.4, -0.2) is 22.7 Å². The van der Waals surface area contributed by atoms with E-state index in [4.69, 9.17) is 0 Å². The first-order valence-electron chi connectivity index (χ1n) is 5.08. The molecule has 14 heavy (non-hydrogen) atoms. The van der Waals surface area contributed by atoms with Crippen LogP contribution in [0.25, 0.3) is 0 Å². The Morgan fingerprint density at radius 3 is 2.93 bits per heavy atom. The van der Waals surface area contributed by atoms with Crippen LogP contribution >= 0.6 is 0 Å². The zero-order valence-corrected chi connectivity index (χ0v) is 8.36. The third-order valence-electron chi connectivity index (χ3n) is 2.77. The Hall–Kier alpha value is -1.32. The maximum Gasteiger partial charge on any atom is 0.271 e. The number of hydrogen-bond acceptors (Lipinski definition) is 2. The van der Waals surface area contributed by atoms with E-state index in [1.165, 1.54) is 25.7 Å². The van der Waals surface area contributed by atoms with E-state index in [1.807, 2.05) is 10.9 Å². The fraction of sp³-hybridized carbons (Fsp3) is 0.600. The molecule has 0 atom stereocenters. The summed E-state index contributed by atoms with van der Waals surface area (Å²) in [5, 5.41) is 6.84. The van der Waals surface area contributed by atoms with Crippen molar-refractivity contribution < 1.29 is 4.79 Å². The number of nitrogens with zero attached hydrogens (tertiary/aromatic N) is 2. The predicted octanol–water partition coefficient (Wildman–Crippen LogP) is 1.36. The minimum Gasteiger partial charge on any atom is -0.354 e. The van der Waals surface area contributed by atoms with Crippen molar-refractivity contribution in [1.82, 2.24) is 15.1 Å². The molecule has 0 unspecified atom stereocenters. The summed E-state index contributed by atoms with van der Waals surface area (Å²) in [5.41, 5.74) is 0.513. The average Bonchev–Trinajstić information content (AvgIpc) is 2.86. The molecular weight excluding hydrogens is 178 g/mol. The highest BCUT2D eigenvalue weighted by Gasteiger charge is 2.18. The topological polar surface area (TPSA) is 46.9 Å². The fourth-order valence-corrected chi connectivity index (χ4v) is 1.96. The highest BCUT2D eigenvalue weighted by atomic mass is 16.1. The lowest BCUT2D eigenvalue weighted by Crippen LogP contribution is -2.19. The molecule has 1 aliphatic rings. The molecule has 1 aromatic rings. The lowest BCUT2D eigenvalue weighted by atomic mass is 10.3. The third-order valence-corrected chi connectivity index (χ3v) is 2.77. The minimum absolute atomic E-state index is 0.109. The Balaban J connectivity index is 2.12. The molecule has 1 aromatic heterocycles. The van der Waals surface area contributed by atoms with Crippen LogP contribution in [-0.2, 0) is 0 Å². The van der Waals surface area contributed by atoms with Gasteiger partial charge in [0.1, 0.15) is 5.69 Å². The summed E-state index contributed by atoms with van der Waals surface area (Å²) >= 11 is 0. The number of carbonyl (C=O) groups excluding carboxylic acids is 1. The molecule has 1 aliphatic carbocycles. The van der Waals surface area contributed by atoms with Crippen LogP contribution in [0.2, 0.25) is 0 Å². The van der Waals surface area contributed by atoms with E-state index in [2.05, 4.69) is 10.4 Å². The van der Waals surface area contributed by atoms with E-state index in [0.717, 1.165) is 0 Å². The molecule has 0 spiro atoms. The van der Waals surface area contributed by atoms with Crippen molar-refractivity contribution in [2.75, 3.05) is 7.05 Å². The second-order valence-electron chi connectivity index (χ2n) is 3.70. The molecule has 4 heteroatoms. The quantitative estimate of drug-likeness (QED) is 0.770. The minimum atomic E-state index is -0.109. The molecule has 1 amide bonds. The summed E-state index contributed by atoms with van der Waals surface area (Å²) in [6.45, 7) is 0. The normalized spacial score (nSPS) is 17.2. The summed E-state index contributed by atoms with van der Waals surface area (Å²) in [6, 6.07) is 2.28. The number of hydrogen-bond donors (Lipinski definition) is 1. The SMILES string of the molecule is CNC(=O)c1ccn(C2CCCC2)n1. The smallest absolute Gasteiger partial charge is 0.271 e. The number of aromatic nitrogens is 2. The van der Waals surface area contributed by atoms with Crippen molar-refractivity contribution in [3.8, 4) is 0 Å². The molecule has 76 valence electrons. The lowest BCUT2D eigenvalue weighted by Gasteiger charge is -2.08. The van der Waals surface area contributed by atoms with Gasteiger partial charge in [0.2, 0.25) is 0 Å². The zero-order chi connectivity index (χ0) is 9.97. The Morgan fingerprint density at radius 2 is 2.29 bits per heavy atom. The van der Waals surface area contributed by atoms with Crippen molar-refractivity contribution in [3.63, 3.8) is 0 Å². The monoisotopic (exact) mass is 193 g/mol. The standard InChI is InChI=1S/C10H15N3O/c1-11-10(14)9-6-7-13(12-9)8-4-2-3-5-8/h6-8H,2-5H2,1H3,(H,11,14). The predicted molar refractivity (Wildman–Crippen MR) is 53.1 cm³/mol. The van der Waals surface area contributed by atoms with Crippen molar-refractivity contribution in [2.45, 2.75) is 31.7 Å². The summed E-state index contributed by atoms with van der Waals surface area (Å²) in [6.07, 6.45) is 6.84. The molecule has 1 N–H and O–H groups in total. The number of nitrogens with one attached hydrogen (secondary N) is 1. The first kappa shape index (κ1) is 9.24. The van der Waals surface area contributed by atoms with Crippen molar-refractivity contribution in [3.05, 3.63) is 18.0 Å². The van der Waals surface area contributed by atoms with Crippen LogP contribution in [0.4, 0.5) is 0 Å². The van der Waals surface area contributed by atoms with Crippen molar-refractivity contribution >= 4 is 5.91 Å². The largest absolute Gasteiger partial charge is 0.354 e. The highest BCUT2D eigenvalue weighted by Crippen LogP contribution is 2.28. The molecule has 1 fully saturated rings. The van der Waals surface area contributed by atoms with Gasteiger partial charge in [0.15, 0.2) is 0 Å². The number of carbonyl (C=O) groups is 1. The van der Waals surface area contributed by atoms with Crippen molar-refractivity contribution in [1.29, 1.82) is 0 Å². The number of amides is 1. The molecule has 0 aromatic carbocycles. The van der Waals surface area contributed by atoms with E-state index in [-0.39, 0.29) is 5.91 Å². The molecular formula is C10H15N3O. The molecule has 1 heterocycles. The van der Waals surface area contributed by atoms with Gasteiger partial charge >= 0.3 is 0 Å². The fourth-order valence-electron chi connectivity index (χ4n) is 1.96. The number of rotatable bonds is 2. The van der Waals surface area contributed by atoms with Gasteiger partial charge in [-0.15, -0.1) is 0 Å². The molecule has 2 rings (SSSR count). The molecule has 0 aliphatic heterocycles. The Kier molecular flexibility index (Phi) is 2.52.